The molecule has 6 heteroatoms. The molecule has 0 radical (unpaired) electrons. The maximum Gasteiger partial charge on any atom is 0.335 e. The van der Waals surface area contributed by atoms with Gasteiger partial charge in [0.2, 0.25) is 0 Å². The number of carbonyl (C=O) groups excluding carboxylic acids is 1. The Morgan fingerprint density at radius 1 is 0.938 bits per heavy atom. The average molecular weight is 439 g/mol. The van der Waals surface area contributed by atoms with Crippen LogP contribution in [0.5, 0.6) is 0 Å². The SMILES string of the molecule is CN1C(=O)/C(=C\c2c3ccccc3cc3ccccc23)SC1=Nc1cccc(C(=O)O)c1. The molecule has 0 unspecified atom stereocenters. The smallest absolute Gasteiger partial charge is 0.335 e. The van der Waals surface area contributed by atoms with E-state index < -0.39 is 5.97 Å². The van der Waals surface area contributed by atoms with Crippen LogP contribution in [0.2, 0.25) is 0 Å². The van der Waals surface area contributed by atoms with E-state index in [1.54, 1.807) is 19.2 Å². The molecule has 1 aliphatic heterocycles. The van der Waals surface area contributed by atoms with Crippen molar-refractivity contribution >= 4 is 62.1 Å². The van der Waals surface area contributed by atoms with Gasteiger partial charge in [0.15, 0.2) is 5.17 Å². The molecule has 0 saturated carbocycles. The molecule has 156 valence electrons. The van der Waals surface area contributed by atoms with E-state index in [0.717, 1.165) is 27.1 Å². The molecule has 1 fully saturated rings. The first-order valence-electron chi connectivity index (χ1n) is 10.0. The van der Waals surface area contributed by atoms with Crippen molar-refractivity contribution in [1.82, 2.24) is 4.90 Å². The maximum atomic E-state index is 13.0. The van der Waals surface area contributed by atoms with Gasteiger partial charge in [-0.25, -0.2) is 9.79 Å². The Morgan fingerprint density at radius 2 is 1.59 bits per heavy atom. The van der Waals surface area contributed by atoms with Crippen LogP contribution in [0.4, 0.5) is 5.69 Å². The van der Waals surface area contributed by atoms with Gasteiger partial charge in [0.25, 0.3) is 5.91 Å². The molecule has 0 aromatic heterocycles. The molecule has 1 N–H and O–H groups in total. The number of hydrogen-bond donors (Lipinski definition) is 1. The van der Waals surface area contributed by atoms with Crippen molar-refractivity contribution in [1.29, 1.82) is 0 Å². The Morgan fingerprint density at radius 3 is 2.25 bits per heavy atom. The zero-order valence-electron chi connectivity index (χ0n) is 17.1. The van der Waals surface area contributed by atoms with Crippen LogP contribution in [0.3, 0.4) is 0 Å². The first-order chi connectivity index (χ1) is 15.5. The maximum absolute atomic E-state index is 13.0. The van der Waals surface area contributed by atoms with E-state index in [1.807, 2.05) is 30.3 Å². The summed E-state index contributed by atoms with van der Waals surface area (Å²) in [4.78, 5) is 30.9. The van der Waals surface area contributed by atoms with Gasteiger partial charge in [-0.2, -0.15) is 0 Å². The summed E-state index contributed by atoms with van der Waals surface area (Å²) in [6.45, 7) is 0. The first kappa shape index (κ1) is 20.0. The summed E-state index contributed by atoms with van der Waals surface area (Å²) in [6.07, 6.45) is 1.93. The second-order valence-electron chi connectivity index (χ2n) is 7.46. The zero-order valence-corrected chi connectivity index (χ0v) is 18.0. The number of nitrogens with zero attached hydrogens (tertiary/aromatic N) is 2. The summed E-state index contributed by atoms with van der Waals surface area (Å²) < 4.78 is 0. The van der Waals surface area contributed by atoms with Gasteiger partial charge in [0, 0.05) is 7.05 Å². The number of aliphatic imine (C=N–C) groups is 1. The standard InChI is InChI=1S/C26H18N2O3S/c1-28-24(29)23(32-26(28)27-19-10-6-9-18(14-19)25(30)31)15-22-20-11-4-2-7-16(20)13-17-8-3-5-12-21(17)22/h2-15H,1H3,(H,30,31)/b23-15+,27-26?. The number of thioether (sulfide) groups is 1. The van der Waals surface area contributed by atoms with E-state index in [4.69, 9.17) is 0 Å². The number of amidine groups is 1. The predicted octanol–water partition coefficient (Wildman–Crippen LogP) is 5.93. The monoisotopic (exact) mass is 438 g/mol. The minimum Gasteiger partial charge on any atom is -0.478 e. The minimum absolute atomic E-state index is 0.139. The van der Waals surface area contributed by atoms with E-state index in [9.17, 15) is 14.7 Å². The number of rotatable bonds is 3. The largest absolute Gasteiger partial charge is 0.478 e. The highest BCUT2D eigenvalue weighted by Gasteiger charge is 2.30. The Hall–Kier alpha value is -3.90. The third-order valence-electron chi connectivity index (χ3n) is 5.41. The quantitative estimate of drug-likeness (QED) is 0.318. The summed E-state index contributed by atoms with van der Waals surface area (Å²) in [5.74, 6) is -1.15. The number of fused-ring (bicyclic) bond motifs is 2. The van der Waals surface area contributed by atoms with Crippen LogP contribution in [-0.2, 0) is 4.79 Å². The normalized spacial score (nSPS) is 16.5. The number of carboxylic acids is 1. The molecular weight excluding hydrogens is 420 g/mol. The lowest BCUT2D eigenvalue weighted by atomic mass is 9.96. The lowest BCUT2D eigenvalue weighted by molar-refractivity contribution is -0.121. The molecular formula is C26H18N2O3S. The highest BCUT2D eigenvalue weighted by Crippen LogP contribution is 2.37. The van der Waals surface area contributed by atoms with Crippen molar-refractivity contribution in [3.05, 3.63) is 94.9 Å². The molecule has 1 saturated heterocycles. The molecule has 5 nitrogen and oxygen atoms in total. The second kappa shape index (κ2) is 7.98. The Kier molecular flexibility index (Phi) is 4.99. The number of hydrogen-bond acceptors (Lipinski definition) is 4. The van der Waals surface area contributed by atoms with Gasteiger partial charge in [0.1, 0.15) is 0 Å². The number of benzene rings is 4. The van der Waals surface area contributed by atoms with Crippen molar-refractivity contribution in [3.63, 3.8) is 0 Å². The zero-order chi connectivity index (χ0) is 22.2. The molecule has 1 heterocycles. The fraction of sp³-hybridized carbons (Fsp3) is 0.0385. The average Bonchev–Trinajstić information content (AvgIpc) is 3.06. The summed E-state index contributed by atoms with van der Waals surface area (Å²) in [7, 11) is 1.68. The molecule has 4 aromatic rings. The van der Waals surface area contributed by atoms with Crippen LogP contribution in [0, 0.1) is 0 Å². The van der Waals surface area contributed by atoms with Crippen LogP contribution in [-0.4, -0.2) is 34.1 Å². The van der Waals surface area contributed by atoms with Gasteiger partial charge < -0.3 is 5.11 Å². The van der Waals surface area contributed by atoms with Crippen molar-refractivity contribution in [2.24, 2.45) is 4.99 Å². The number of aromatic carboxylic acids is 1. The summed E-state index contributed by atoms with van der Waals surface area (Å²) in [5.41, 5.74) is 1.64. The van der Waals surface area contributed by atoms with Gasteiger partial charge in [-0.05, 0) is 69.2 Å². The number of amides is 1. The first-order valence-corrected chi connectivity index (χ1v) is 10.8. The van der Waals surface area contributed by atoms with Crippen molar-refractivity contribution < 1.29 is 14.7 Å². The third-order valence-corrected chi connectivity index (χ3v) is 6.47. The Balaban J connectivity index is 1.61. The van der Waals surface area contributed by atoms with E-state index in [2.05, 4.69) is 35.3 Å². The molecule has 5 rings (SSSR count). The Labute approximate surface area is 188 Å². The van der Waals surface area contributed by atoms with Crippen molar-refractivity contribution in [2.75, 3.05) is 7.05 Å². The van der Waals surface area contributed by atoms with Gasteiger partial charge in [-0.1, -0.05) is 54.6 Å². The second-order valence-corrected chi connectivity index (χ2v) is 8.47. The fourth-order valence-electron chi connectivity index (χ4n) is 3.81. The lowest BCUT2D eigenvalue weighted by Crippen LogP contribution is -2.23. The number of carboxylic acid groups (broad SMARTS) is 1. The van der Waals surface area contributed by atoms with E-state index in [0.29, 0.717) is 15.8 Å². The van der Waals surface area contributed by atoms with Crippen LogP contribution in [0.25, 0.3) is 27.6 Å². The highest BCUT2D eigenvalue weighted by molar-refractivity contribution is 8.18. The Bertz CT molecular complexity index is 1420. The van der Waals surface area contributed by atoms with E-state index in [-0.39, 0.29) is 11.5 Å². The lowest BCUT2D eigenvalue weighted by Gasteiger charge is -2.09. The molecule has 32 heavy (non-hydrogen) atoms. The van der Waals surface area contributed by atoms with Crippen molar-refractivity contribution in [3.8, 4) is 0 Å². The van der Waals surface area contributed by atoms with Crippen LogP contribution in [0.15, 0.2) is 88.8 Å². The topological polar surface area (TPSA) is 70.0 Å². The van der Waals surface area contributed by atoms with Gasteiger partial charge >= 0.3 is 5.97 Å². The molecule has 4 aromatic carbocycles. The highest BCUT2D eigenvalue weighted by atomic mass is 32.2. The number of likely N-dealkylation sites (N-methyl/N-ethyl adjacent to an activating group) is 1. The predicted molar refractivity (Wildman–Crippen MR) is 130 cm³/mol. The van der Waals surface area contributed by atoms with Crippen LogP contribution < -0.4 is 0 Å². The molecule has 0 spiro atoms. The molecule has 1 aliphatic rings. The van der Waals surface area contributed by atoms with Gasteiger partial charge in [-0.3, -0.25) is 9.69 Å². The summed E-state index contributed by atoms with van der Waals surface area (Å²) >= 11 is 1.29. The molecule has 0 aliphatic carbocycles. The fourth-order valence-corrected chi connectivity index (χ4v) is 4.77. The molecule has 0 bridgehead atoms. The summed E-state index contributed by atoms with van der Waals surface area (Å²) in [5, 5.41) is 14.1. The molecule has 1 amide bonds. The minimum atomic E-state index is -1.01. The molecule has 0 atom stereocenters. The summed E-state index contributed by atoms with van der Waals surface area (Å²) in [6, 6.07) is 24.8. The van der Waals surface area contributed by atoms with E-state index >= 15 is 0 Å². The number of carbonyl (C=O) groups is 2. The van der Waals surface area contributed by atoms with Crippen LogP contribution >= 0.6 is 11.8 Å². The van der Waals surface area contributed by atoms with E-state index in [1.165, 1.54) is 28.8 Å². The third kappa shape index (κ3) is 3.55. The van der Waals surface area contributed by atoms with Gasteiger partial charge in [0.05, 0.1) is 16.2 Å². The van der Waals surface area contributed by atoms with Crippen molar-refractivity contribution in [2.45, 2.75) is 0 Å². The van der Waals surface area contributed by atoms with Gasteiger partial charge in [-0.15, -0.1) is 0 Å². The van der Waals surface area contributed by atoms with Crippen LogP contribution in [0.1, 0.15) is 15.9 Å².